The van der Waals surface area contributed by atoms with Crippen molar-refractivity contribution in [1.82, 2.24) is 9.88 Å². The molecular formula is C16H24N2O4. The SMILES string of the molecule is CCOC(=O)c1c(C)[nH]c(C(=O)N2C[C@@H](C)O[C@@H](C)C2)c1C. The number of morpholine rings is 1. The van der Waals surface area contributed by atoms with Crippen LogP contribution in [0.3, 0.4) is 0 Å². The number of ether oxygens (including phenoxy) is 2. The van der Waals surface area contributed by atoms with Crippen LogP contribution in [0.15, 0.2) is 0 Å². The third-order valence-corrected chi connectivity index (χ3v) is 3.84. The lowest BCUT2D eigenvalue weighted by Crippen LogP contribution is -2.48. The molecule has 2 atom stereocenters. The van der Waals surface area contributed by atoms with Crippen LogP contribution in [-0.4, -0.2) is 53.7 Å². The highest BCUT2D eigenvalue weighted by Crippen LogP contribution is 2.22. The smallest absolute Gasteiger partial charge is 0.340 e. The second-order valence-electron chi connectivity index (χ2n) is 5.81. The molecule has 1 aromatic rings. The van der Waals surface area contributed by atoms with E-state index < -0.39 is 5.97 Å². The average Bonchev–Trinajstić information content (AvgIpc) is 2.72. The quantitative estimate of drug-likeness (QED) is 0.868. The highest BCUT2D eigenvalue weighted by molar-refractivity contribution is 6.00. The summed E-state index contributed by atoms with van der Waals surface area (Å²) in [6.45, 7) is 10.6. The number of hydrogen-bond donors (Lipinski definition) is 1. The third-order valence-electron chi connectivity index (χ3n) is 3.84. The Hall–Kier alpha value is -1.82. The molecule has 1 fully saturated rings. The maximum absolute atomic E-state index is 12.7. The first kappa shape index (κ1) is 16.5. The summed E-state index contributed by atoms with van der Waals surface area (Å²) in [7, 11) is 0. The zero-order chi connectivity index (χ0) is 16.4. The van der Waals surface area contributed by atoms with Crippen LogP contribution in [0.25, 0.3) is 0 Å². The first-order valence-corrected chi connectivity index (χ1v) is 7.66. The molecule has 1 aromatic heterocycles. The van der Waals surface area contributed by atoms with Gasteiger partial charge in [-0.3, -0.25) is 4.79 Å². The number of nitrogens with zero attached hydrogens (tertiary/aromatic N) is 1. The van der Waals surface area contributed by atoms with Crippen LogP contribution in [0.2, 0.25) is 0 Å². The van der Waals surface area contributed by atoms with Crippen LogP contribution in [0.5, 0.6) is 0 Å². The van der Waals surface area contributed by atoms with Gasteiger partial charge in [-0.15, -0.1) is 0 Å². The van der Waals surface area contributed by atoms with E-state index in [9.17, 15) is 9.59 Å². The van der Waals surface area contributed by atoms with Crippen molar-refractivity contribution in [2.45, 2.75) is 46.8 Å². The number of aromatic nitrogens is 1. The highest BCUT2D eigenvalue weighted by Gasteiger charge is 2.30. The molecule has 0 bridgehead atoms. The summed E-state index contributed by atoms with van der Waals surface area (Å²) in [5, 5.41) is 0. The maximum atomic E-state index is 12.7. The minimum atomic E-state index is -0.392. The van der Waals surface area contributed by atoms with E-state index in [1.807, 2.05) is 13.8 Å². The molecule has 0 saturated carbocycles. The number of hydrogen-bond acceptors (Lipinski definition) is 4. The van der Waals surface area contributed by atoms with E-state index in [-0.39, 0.29) is 18.1 Å². The summed E-state index contributed by atoms with van der Waals surface area (Å²) in [6.07, 6.45) is 0.0159. The van der Waals surface area contributed by atoms with E-state index in [2.05, 4.69) is 4.98 Å². The van der Waals surface area contributed by atoms with Gasteiger partial charge in [-0.1, -0.05) is 0 Å². The Balaban J connectivity index is 2.27. The standard InChI is InChI=1S/C16H24N2O4/c1-6-21-16(20)13-11(4)14(17-12(13)5)15(19)18-7-9(2)22-10(3)8-18/h9-10,17H,6-8H2,1-5H3/t9-,10+. The fourth-order valence-corrected chi connectivity index (χ4v) is 2.98. The van der Waals surface area contributed by atoms with Gasteiger partial charge >= 0.3 is 5.97 Å². The fourth-order valence-electron chi connectivity index (χ4n) is 2.98. The Morgan fingerprint density at radius 3 is 2.41 bits per heavy atom. The molecule has 0 aliphatic carbocycles. The molecule has 6 nitrogen and oxygen atoms in total. The highest BCUT2D eigenvalue weighted by atomic mass is 16.5. The molecule has 1 N–H and O–H groups in total. The topological polar surface area (TPSA) is 71.6 Å². The number of nitrogens with one attached hydrogen (secondary N) is 1. The third kappa shape index (κ3) is 3.16. The summed E-state index contributed by atoms with van der Waals surface area (Å²) in [5.74, 6) is -0.491. The van der Waals surface area contributed by atoms with E-state index in [0.29, 0.717) is 42.2 Å². The average molecular weight is 308 g/mol. The Morgan fingerprint density at radius 1 is 1.27 bits per heavy atom. The molecular weight excluding hydrogens is 284 g/mol. The van der Waals surface area contributed by atoms with E-state index in [4.69, 9.17) is 9.47 Å². The van der Waals surface area contributed by atoms with Crippen LogP contribution >= 0.6 is 0 Å². The molecule has 0 spiro atoms. The Bertz CT molecular complexity index is 569. The lowest BCUT2D eigenvalue weighted by molar-refractivity contribution is -0.0587. The second kappa shape index (κ2) is 6.52. The molecule has 1 amide bonds. The molecule has 1 aliphatic rings. The molecule has 2 rings (SSSR count). The van der Waals surface area contributed by atoms with Gasteiger partial charge in [-0.25, -0.2) is 4.79 Å². The zero-order valence-corrected chi connectivity index (χ0v) is 13.9. The van der Waals surface area contributed by atoms with E-state index in [1.165, 1.54) is 0 Å². The van der Waals surface area contributed by atoms with E-state index >= 15 is 0 Å². The molecule has 1 saturated heterocycles. The monoisotopic (exact) mass is 308 g/mol. The minimum Gasteiger partial charge on any atom is -0.462 e. The molecule has 0 unspecified atom stereocenters. The van der Waals surface area contributed by atoms with E-state index in [0.717, 1.165) is 0 Å². The molecule has 0 radical (unpaired) electrons. The fraction of sp³-hybridized carbons (Fsp3) is 0.625. The molecule has 122 valence electrons. The van der Waals surface area contributed by atoms with Gasteiger partial charge < -0.3 is 19.4 Å². The van der Waals surface area contributed by atoms with Crippen LogP contribution in [-0.2, 0) is 9.47 Å². The van der Waals surface area contributed by atoms with Crippen molar-refractivity contribution >= 4 is 11.9 Å². The number of carbonyl (C=O) groups is 2. The first-order valence-electron chi connectivity index (χ1n) is 7.66. The summed E-state index contributed by atoms with van der Waals surface area (Å²) >= 11 is 0. The number of aryl methyl sites for hydroxylation is 1. The molecule has 0 aromatic carbocycles. The van der Waals surface area contributed by atoms with Gasteiger partial charge in [-0.05, 0) is 40.2 Å². The van der Waals surface area contributed by atoms with Crippen molar-refractivity contribution in [2.24, 2.45) is 0 Å². The van der Waals surface area contributed by atoms with Crippen molar-refractivity contribution in [3.63, 3.8) is 0 Å². The predicted octanol–water partition coefficient (Wildman–Crippen LogP) is 2.06. The number of rotatable bonds is 3. The second-order valence-corrected chi connectivity index (χ2v) is 5.81. The summed E-state index contributed by atoms with van der Waals surface area (Å²) < 4.78 is 10.7. The molecule has 22 heavy (non-hydrogen) atoms. The van der Waals surface area contributed by atoms with Crippen LogP contribution in [0.4, 0.5) is 0 Å². The van der Waals surface area contributed by atoms with Gasteiger partial charge in [0, 0.05) is 18.8 Å². The van der Waals surface area contributed by atoms with Gasteiger partial charge in [0.05, 0.1) is 24.4 Å². The first-order chi connectivity index (χ1) is 10.3. The van der Waals surface area contributed by atoms with Gasteiger partial charge in [-0.2, -0.15) is 0 Å². The largest absolute Gasteiger partial charge is 0.462 e. The number of amides is 1. The van der Waals surface area contributed by atoms with Gasteiger partial charge in [0.1, 0.15) is 5.69 Å². The number of esters is 1. The van der Waals surface area contributed by atoms with Gasteiger partial charge in [0.15, 0.2) is 0 Å². The van der Waals surface area contributed by atoms with Crippen molar-refractivity contribution in [1.29, 1.82) is 0 Å². The number of carbonyl (C=O) groups excluding carboxylic acids is 2. The predicted molar refractivity (Wildman–Crippen MR) is 82.1 cm³/mol. The van der Waals surface area contributed by atoms with Crippen molar-refractivity contribution < 1.29 is 19.1 Å². The minimum absolute atomic E-state index is 0.00796. The molecule has 6 heteroatoms. The van der Waals surface area contributed by atoms with Crippen molar-refractivity contribution in [3.8, 4) is 0 Å². The Kier molecular flexibility index (Phi) is 4.90. The number of H-pyrrole nitrogens is 1. The van der Waals surface area contributed by atoms with Gasteiger partial charge in [0.2, 0.25) is 0 Å². The lowest BCUT2D eigenvalue weighted by atomic mass is 10.1. The normalized spacial score (nSPS) is 21.8. The van der Waals surface area contributed by atoms with Crippen LogP contribution in [0.1, 0.15) is 52.9 Å². The Morgan fingerprint density at radius 2 is 1.86 bits per heavy atom. The van der Waals surface area contributed by atoms with Crippen LogP contribution < -0.4 is 0 Å². The maximum Gasteiger partial charge on any atom is 0.340 e. The van der Waals surface area contributed by atoms with Crippen LogP contribution in [0, 0.1) is 13.8 Å². The number of aromatic amines is 1. The summed E-state index contributed by atoms with van der Waals surface area (Å²) in [4.78, 5) is 29.6. The summed E-state index contributed by atoms with van der Waals surface area (Å²) in [5.41, 5.74) is 2.22. The summed E-state index contributed by atoms with van der Waals surface area (Å²) in [6, 6.07) is 0. The molecule has 1 aliphatic heterocycles. The lowest BCUT2D eigenvalue weighted by Gasteiger charge is -2.35. The van der Waals surface area contributed by atoms with E-state index in [1.54, 1.807) is 25.7 Å². The van der Waals surface area contributed by atoms with Crippen molar-refractivity contribution in [3.05, 3.63) is 22.5 Å². The van der Waals surface area contributed by atoms with Gasteiger partial charge in [0.25, 0.3) is 5.91 Å². The Labute approximate surface area is 130 Å². The molecule has 2 heterocycles. The zero-order valence-electron chi connectivity index (χ0n) is 13.9. The van der Waals surface area contributed by atoms with Crippen molar-refractivity contribution in [2.75, 3.05) is 19.7 Å².